The van der Waals surface area contributed by atoms with Gasteiger partial charge in [0.15, 0.2) is 5.65 Å². The lowest BCUT2D eigenvalue weighted by atomic mass is 10.00. The summed E-state index contributed by atoms with van der Waals surface area (Å²) >= 11 is 0. The van der Waals surface area contributed by atoms with Crippen molar-refractivity contribution in [1.82, 2.24) is 15.0 Å². The van der Waals surface area contributed by atoms with Crippen molar-refractivity contribution in [2.45, 2.75) is 59.7 Å². The van der Waals surface area contributed by atoms with Crippen LogP contribution in [-0.2, 0) is 6.18 Å². The number of halogens is 4. The molecule has 1 fully saturated rings. The Morgan fingerprint density at radius 2 is 1.89 bits per heavy atom. The molecule has 0 unspecified atom stereocenters. The Kier molecular flexibility index (Phi) is 8.58. The summed E-state index contributed by atoms with van der Waals surface area (Å²) in [5.74, 6) is 0.453. The summed E-state index contributed by atoms with van der Waals surface area (Å²) in [5, 5.41) is 3.66. The number of pyridine rings is 1. The van der Waals surface area contributed by atoms with Gasteiger partial charge >= 0.3 is 6.18 Å². The minimum atomic E-state index is -4.78. The van der Waals surface area contributed by atoms with E-state index in [4.69, 9.17) is 4.74 Å². The fourth-order valence-corrected chi connectivity index (χ4v) is 4.42. The largest absolute Gasteiger partial charge is 0.479 e. The molecular weight excluding hydrogens is 474 g/mol. The van der Waals surface area contributed by atoms with E-state index >= 15 is 0 Å². The number of piperidine rings is 1. The molecule has 0 radical (unpaired) electrons. The zero-order valence-electron chi connectivity index (χ0n) is 21.5. The van der Waals surface area contributed by atoms with E-state index in [1.165, 1.54) is 12.1 Å². The zero-order valence-corrected chi connectivity index (χ0v) is 21.5. The second-order valence-corrected chi connectivity index (χ2v) is 8.77. The predicted molar refractivity (Wildman–Crippen MR) is 134 cm³/mol. The molecule has 6 nitrogen and oxygen atoms in total. The standard InChI is InChI=1S/C24H27F4N5O.C2H6/c1-13-7-6-10-33(12-13)19-11-17-21(30-15(3)31-22(17)32-23(19)34-4)29-14(2)16-8-5-9-18(20(16)25)24(26,27)28;1-2/h5,8-9,11,13-14H,6-7,10,12H2,1-4H3,(H,29,30,31,32);1-2H3/t13-,14+;/m0./s1. The highest BCUT2D eigenvalue weighted by atomic mass is 19.4. The quantitative estimate of drug-likeness (QED) is 0.378. The van der Waals surface area contributed by atoms with Crippen LogP contribution in [0, 0.1) is 18.7 Å². The third kappa shape index (κ3) is 5.79. The van der Waals surface area contributed by atoms with E-state index in [9.17, 15) is 17.6 Å². The van der Waals surface area contributed by atoms with E-state index in [1.54, 1.807) is 21.0 Å². The molecule has 4 rings (SSSR count). The van der Waals surface area contributed by atoms with Gasteiger partial charge in [0.05, 0.1) is 24.1 Å². The maximum atomic E-state index is 14.7. The Morgan fingerprint density at radius 1 is 1.17 bits per heavy atom. The van der Waals surface area contributed by atoms with Crippen molar-refractivity contribution in [3.05, 3.63) is 47.0 Å². The second-order valence-electron chi connectivity index (χ2n) is 8.77. The number of benzene rings is 1. The number of alkyl halides is 3. The summed E-state index contributed by atoms with van der Waals surface area (Å²) in [6.45, 7) is 11.2. The summed E-state index contributed by atoms with van der Waals surface area (Å²) in [6, 6.07) is 4.36. The molecule has 196 valence electrons. The highest BCUT2D eigenvalue weighted by Gasteiger charge is 2.35. The van der Waals surface area contributed by atoms with Gasteiger partial charge in [0.2, 0.25) is 5.88 Å². The van der Waals surface area contributed by atoms with Crippen molar-refractivity contribution in [1.29, 1.82) is 0 Å². The summed E-state index contributed by atoms with van der Waals surface area (Å²) in [5.41, 5.74) is -0.214. The SMILES string of the molecule is CC.COc1nc2nc(C)nc(N[C@H](C)c3cccc(C(F)(F)F)c3F)c2cc1N1CCC[C@H](C)C1. The average molecular weight is 508 g/mol. The van der Waals surface area contributed by atoms with Crippen molar-refractivity contribution >= 4 is 22.5 Å². The molecule has 0 amide bonds. The van der Waals surface area contributed by atoms with Crippen molar-refractivity contribution in [2.24, 2.45) is 5.92 Å². The normalized spacial score (nSPS) is 16.8. The Hall–Kier alpha value is -3.17. The first kappa shape index (κ1) is 27.4. The molecule has 2 atom stereocenters. The molecule has 0 aliphatic carbocycles. The number of nitrogens with zero attached hydrogens (tertiary/aromatic N) is 4. The number of ether oxygens (including phenoxy) is 1. The molecule has 1 N–H and O–H groups in total. The molecule has 0 bridgehead atoms. The molecular formula is C26H33F4N5O. The van der Waals surface area contributed by atoms with Gasteiger partial charge in [0, 0.05) is 18.7 Å². The fraction of sp³-hybridized carbons (Fsp3) is 0.500. The third-order valence-electron chi connectivity index (χ3n) is 6.09. The van der Waals surface area contributed by atoms with Crippen LogP contribution < -0.4 is 15.0 Å². The van der Waals surface area contributed by atoms with Gasteiger partial charge in [0.1, 0.15) is 23.1 Å². The highest BCUT2D eigenvalue weighted by molar-refractivity contribution is 5.90. The Balaban J connectivity index is 0.00000176. The van der Waals surface area contributed by atoms with Crippen molar-refractivity contribution in [3.63, 3.8) is 0 Å². The number of aryl methyl sites for hydroxylation is 1. The van der Waals surface area contributed by atoms with Gasteiger partial charge in [0.25, 0.3) is 0 Å². The van der Waals surface area contributed by atoms with Crippen LogP contribution in [0.1, 0.15) is 63.5 Å². The van der Waals surface area contributed by atoms with Crippen molar-refractivity contribution < 1.29 is 22.3 Å². The van der Waals surface area contributed by atoms with E-state index in [2.05, 4.69) is 32.1 Å². The monoisotopic (exact) mass is 507 g/mol. The number of fused-ring (bicyclic) bond motifs is 1. The fourth-order valence-electron chi connectivity index (χ4n) is 4.42. The van der Waals surface area contributed by atoms with Gasteiger partial charge in [-0.1, -0.05) is 32.9 Å². The lowest BCUT2D eigenvalue weighted by molar-refractivity contribution is -0.140. The summed E-state index contributed by atoms with van der Waals surface area (Å²) in [4.78, 5) is 15.7. The molecule has 1 aliphatic heterocycles. The van der Waals surface area contributed by atoms with Gasteiger partial charge in [-0.15, -0.1) is 0 Å². The number of methoxy groups -OCH3 is 1. The number of aromatic nitrogens is 3. The third-order valence-corrected chi connectivity index (χ3v) is 6.09. The molecule has 2 aromatic heterocycles. The predicted octanol–water partition coefficient (Wildman–Crippen LogP) is 6.94. The van der Waals surface area contributed by atoms with Crippen molar-refractivity contribution in [3.8, 4) is 5.88 Å². The molecule has 36 heavy (non-hydrogen) atoms. The van der Waals surface area contributed by atoms with Gasteiger partial charge in [-0.25, -0.2) is 14.4 Å². The molecule has 1 aliphatic rings. The van der Waals surface area contributed by atoms with Crippen LogP contribution in [0.5, 0.6) is 5.88 Å². The van der Waals surface area contributed by atoms with E-state index < -0.39 is 23.6 Å². The maximum Gasteiger partial charge on any atom is 0.419 e. The second kappa shape index (κ2) is 11.3. The molecule has 0 saturated carbocycles. The van der Waals surface area contributed by atoms with Crippen LogP contribution in [0.15, 0.2) is 24.3 Å². The summed E-state index contributed by atoms with van der Waals surface area (Å²) < 4.78 is 59.9. The smallest absolute Gasteiger partial charge is 0.419 e. The molecule has 0 spiro atoms. The molecule has 1 aromatic carbocycles. The Bertz CT molecular complexity index is 1200. The lowest BCUT2D eigenvalue weighted by Gasteiger charge is -2.33. The van der Waals surface area contributed by atoms with Crippen LogP contribution >= 0.6 is 0 Å². The maximum absolute atomic E-state index is 14.7. The van der Waals surface area contributed by atoms with E-state index in [1.807, 2.05) is 19.9 Å². The topological polar surface area (TPSA) is 63.2 Å². The average Bonchev–Trinajstić information content (AvgIpc) is 2.83. The summed E-state index contributed by atoms with van der Waals surface area (Å²) in [7, 11) is 1.55. The minimum absolute atomic E-state index is 0.106. The van der Waals surface area contributed by atoms with E-state index in [-0.39, 0.29) is 5.56 Å². The van der Waals surface area contributed by atoms with Crippen LogP contribution in [0.25, 0.3) is 11.0 Å². The molecule has 10 heteroatoms. The van der Waals surface area contributed by atoms with E-state index in [0.717, 1.165) is 37.7 Å². The molecule has 1 saturated heterocycles. The number of rotatable bonds is 5. The Morgan fingerprint density at radius 3 is 2.53 bits per heavy atom. The van der Waals surface area contributed by atoms with Crippen LogP contribution in [0.3, 0.4) is 0 Å². The highest BCUT2D eigenvalue weighted by Crippen LogP contribution is 2.37. The van der Waals surface area contributed by atoms with Crippen LogP contribution in [-0.4, -0.2) is 35.2 Å². The van der Waals surface area contributed by atoms with Gasteiger partial charge in [-0.05, 0) is 44.7 Å². The van der Waals surface area contributed by atoms with Gasteiger partial charge < -0.3 is 15.0 Å². The van der Waals surface area contributed by atoms with Gasteiger partial charge in [-0.2, -0.15) is 18.2 Å². The minimum Gasteiger partial charge on any atom is -0.479 e. The first-order chi connectivity index (χ1) is 17.1. The number of hydrogen-bond acceptors (Lipinski definition) is 6. The number of hydrogen-bond donors (Lipinski definition) is 1. The van der Waals surface area contributed by atoms with Crippen molar-refractivity contribution in [2.75, 3.05) is 30.4 Å². The lowest BCUT2D eigenvalue weighted by Crippen LogP contribution is -2.34. The first-order valence-corrected chi connectivity index (χ1v) is 12.2. The first-order valence-electron chi connectivity index (χ1n) is 12.2. The zero-order chi connectivity index (χ0) is 26.6. The molecule has 3 aromatic rings. The van der Waals surface area contributed by atoms with E-state index in [0.29, 0.717) is 34.5 Å². The van der Waals surface area contributed by atoms with Gasteiger partial charge in [-0.3, -0.25) is 0 Å². The van der Waals surface area contributed by atoms with Crippen LogP contribution in [0.4, 0.5) is 29.1 Å². The summed E-state index contributed by atoms with van der Waals surface area (Å²) in [6.07, 6.45) is -2.59. The number of nitrogens with one attached hydrogen (secondary N) is 1. The Labute approximate surface area is 209 Å². The number of anilines is 2. The molecule has 3 heterocycles. The van der Waals surface area contributed by atoms with Crippen LogP contribution in [0.2, 0.25) is 0 Å².